The molecule has 0 aliphatic rings. The summed E-state index contributed by atoms with van der Waals surface area (Å²) in [5, 5.41) is 0. The maximum absolute atomic E-state index is 11.8. The van der Waals surface area contributed by atoms with Crippen molar-refractivity contribution in [3.63, 3.8) is 0 Å². The summed E-state index contributed by atoms with van der Waals surface area (Å²) in [6.45, 7) is 7.68. The summed E-state index contributed by atoms with van der Waals surface area (Å²) in [5.41, 5.74) is 8.30. The van der Waals surface area contributed by atoms with Crippen LogP contribution in [0.2, 0.25) is 0 Å². The highest BCUT2D eigenvalue weighted by atomic mass is 16.1. The lowest BCUT2D eigenvalue weighted by Crippen LogP contribution is -2.32. The van der Waals surface area contributed by atoms with E-state index in [2.05, 4.69) is 6.92 Å². The molecule has 0 heterocycles. The van der Waals surface area contributed by atoms with Crippen LogP contribution in [0.3, 0.4) is 0 Å². The molecule has 2 N–H and O–H groups in total. The highest BCUT2D eigenvalue weighted by Gasteiger charge is 2.17. The van der Waals surface area contributed by atoms with Gasteiger partial charge in [0.1, 0.15) is 5.70 Å². The lowest BCUT2D eigenvalue weighted by Gasteiger charge is -2.25. The second-order valence-corrected chi connectivity index (χ2v) is 4.08. The SMILES string of the molecule is CC/C(=C(\C(N)=O)N(CC)CC)c1ccccc1. The number of nitrogens with two attached hydrogens (primary N) is 1. The van der Waals surface area contributed by atoms with E-state index in [-0.39, 0.29) is 5.91 Å². The number of benzene rings is 1. The first-order valence-corrected chi connectivity index (χ1v) is 6.48. The van der Waals surface area contributed by atoms with Crippen molar-refractivity contribution in [2.24, 2.45) is 5.73 Å². The van der Waals surface area contributed by atoms with Crippen LogP contribution in [0.25, 0.3) is 5.57 Å². The topological polar surface area (TPSA) is 46.3 Å². The van der Waals surface area contributed by atoms with Crippen LogP contribution in [0.4, 0.5) is 0 Å². The first-order chi connectivity index (χ1) is 8.65. The lowest BCUT2D eigenvalue weighted by molar-refractivity contribution is -0.116. The van der Waals surface area contributed by atoms with Crippen LogP contribution in [0.1, 0.15) is 32.8 Å². The highest BCUT2D eigenvalue weighted by molar-refractivity contribution is 5.99. The van der Waals surface area contributed by atoms with Gasteiger partial charge in [-0.3, -0.25) is 4.79 Å². The Morgan fingerprint density at radius 2 is 1.67 bits per heavy atom. The number of carbonyl (C=O) groups excluding carboxylic acids is 1. The van der Waals surface area contributed by atoms with Gasteiger partial charge in [0.05, 0.1) is 0 Å². The number of allylic oxidation sites excluding steroid dienone is 1. The highest BCUT2D eigenvalue weighted by Crippen LogP contribution is 2.24. The van der Waals surface area contributed by atoms with Crippen molar-refractivity contribution < 1.29 is 4.79 Å². The predicted octanol–water partition coefficient (Wildman–Crippen LogP) is 2.63. The van der Waals surface area contributed by atoms with Crippen molar-refractivity contribution in [2.75, 3.05) is 13.1 Å². The molecule has 0 spiro atoms. The molecular formula is C15H22N2O. The Bertz CT molecular complexity index is 419. The fourth-order valence-electron chi connectivity index (χ4n) is 2.18. The minimum absolute atomic E-state index is 0.348. The van der Waals surface area contributed by atoms with Crippen LogP contribution < -0.4 is 5.73 Å². The molecule has 3 nitrogen and oxygen atoms in total. The van der Waals surface area contributed by atoms with E-state index in [4.69, 9.17) is 5.73 Å². The van der Waals surface area contributed by atoms with Crippen LogP contribution in [0.15, 0.2) is 36.0 Å². The van der Waals surface area contributed by atoms with Crippen LogP contribution in [0.5, 0.6) is 0 Å². The summed E-state index contributed by atoms with van der Waals surface area (Å²) in [6, 6.07) is 9.96. The molecule has 0 saturated heterocycles. The van der Waals surface area contributed by atoms with Crippen molar-refractivity contribution in [2.45, 2.75) is 27.2 Å². The molecule has 0 aromatic heterocycles. The first kappa shape index (κ1) is 14.3. The zero-order chi connectivity index (χ0) is 13.5. The van der Waals surface area contributed by atoms with Crippen LogP contribution >= 0.6 is 0 Å². The van der Waals surface area contributed by atoms with E-state index in [0.29, 0.717) is 5.70 Å². The summed E-state index contributed by atoms with van der Waals surface area (Å²) in [7, 11) is 0. The number of hydrogen-bond donors (Lipinski definition) is 1. The van der Waals surface area contributed by atoms with E-state index >= 15 is 0 Å². The van der Waals surface area contributed by atoms with E-state index in [1.165, 1.54) is 0 Å². The Morgan fingerprint density at radius 3 is 2.06 bits per heavy atom. The predicted molar refractivity (Wildman–Crippen MR) is 75.8 cm³/mol. The minimum atomic E-state index is -0.348. The molecular weight excluding hydrogens is 224 g/mol. The Labute approximate surface area is 109 Å². The molecule has 0 bridgehead atoms. The summed E-state index contributed by atoms with van der Waals surface area (Å²) in [6.07, 6.45) is 0.790. The summed E-state index contributed by atoms with van der Waals surface area (Å²) < 4.78 is 0. The molecule has 0 unspecified atom stereocenters. The largest absolute Gasteiger partial charge is 0.367 e. The van der Waals surface area contributed by atoms with Gasteiger partial charge in [-0.2, -0.15) is 0 Å². The molecule has 3 heteroatoms. The van der Waals surface area contributed by atoms with E-state index in [1.807, 2.05) is 49.1 Å². The minimum Gasteiger partial charge on any atom is -0.367 e. The molecule has 98 valence electrons. The van der Waals surface area contributed by atoms with Gasteiger partial charge >= 0.3 is 0 Å². The van der Waals surface area contributed by atoms with Crippen molar-refractivity contribution >= 4 is 11.5 Å². The van der Waals surface area contributed by atoms with E-state index in [9.17, 15) is 4.79 Å². The number of primary amides is 1. The average Bonchev–Trinajstić information content (AvgIpc) is 2.40. The molecule has 0 radical (unpaired) electrons. The third-order valence-corrected chi connectivity index (χ3v) is 3.07. The van der Waals surface area contributed by atoms with Crippen molar-refractivity contribution in [3.8, 4) is 0 Å². The quantitative estimate of drug-likeness (QED) is 0.784. The fraction of sp³-hybridized carbons (Fsp3) is 0.400. The third kappa shape index (κ3) is 3.13. The van der Waals surface area contributed by atoms with Gasteiger partial charge in [0.2, 0.25) is 0 Å². The van der Waals surface area contributed by atoms with Gasteiger partial charge in [0.15, 0.2) is 0 Å². The summed E-state index contributed by atoms with van der Waals surface area (Å²) in [5.74, 6) is -0.348. The smallest absolute Gasteiger partial charge is 0.265 e. The van der Waals surface area contributed by atoms with Gasteiger partial charge in [0, 0.05) is 13.1 Å². The third-order valence-electron chi connectivity index (χ3n) is 3.07. The zero-order valence-electron chi connectivity index (χ0n) is 11.4. The second kappa shape index (κ2) is 6.84. The molecule has 0 aliphatic heterocycles. The van der Waals surface area contributed by atoms with Gasteiger partial charge in [-0.1, -0.05) is 37.3 Å². The van der Waals surface area contributed by atoms with Crippen LogP contribution in [0, 0.1) is 0 Å². The Hall–Kier alpha value is -1.77. The fourth-order valence-corrected chi connectivity index (χ4v) is 2.18. The average molecular weight is 246 g/mol. The number of carbonyl (C=O) groups is 1. The number of likely N-dealkylation sites (N-methyl/N-ethyl adjacent to an activating group) is 1. The molecule has 1 rings (SSSR count). The molecule has 18 heavy (non-hydrogen) atoms. The van der Waals surface area contributed by atoms with E-state index in [1.54, 1.807) is 0 Å². The molecule has 1 aromatic rings. The second-order valence-electron chi connectivity index (χ2n) is 4.08. The van der Waals surface area contributed by atoms with Crippen LogP contribution in [-0.4, -0.2) is 23.9 Å². The standard InChI is InChI=1S/C15H22N2O/c1-4-13(12-10-8-7-9-11-12)14(15(16)18)17(5-2)6-3/h7-11H,4-6H2,1-3H3,(H2,16,18)/b14-13-. The van der Waals surface area contributed by atoms with Gasteiger partial charge in [-0.05, 0) is 31.4 Å². The molecule has 0 saturated carbocycles. The number of nitrogens with zero attached hydrogens (tertiary/aromatic N) is 1. The Morgan fingerprint density at radius 1 is 1.11 bits per heavy atom. The number of hydrogen-bond acceptors (Lipinski definition) is 2. The molecule has 1 amide bonds. The van der Waals surface area contributed by atoms with Crippen molar-refractivity contribution in [1.82, 2.24) is 4.90 Å². The normalized spacial score (nSPS) is 11.9. The van der Waals surface area contributed by atoms with Gasteiger partial charge in [-0.15, -0.1) is 0 Å². The van der Waals surface area contributed by atoms with Gasteiger partial charge in [0.25, 0.3) is 5.91 Å². The monoisotopic (exact) mass is 246 g/mol. The Balaban J connectivity index is 3.35. The van der Waals surface area contributed by atoms with E-state index in [0.717, 1.165) is 30.6 Å². The maximum Gasteiger partial charge on any atom is 0.265 e. The zero-order valence-corrected chi connectivity index (χ0v) is 11.4. The molecule has 0 aliphatic carbocycles. The molecule has 0 atom stereocenters. The van der Waals surface area contributed by atoms with Crippen LogP contribution in [-0.2, 0) is 4.79 Å². The number of rotatable bonds is 6. The van der Waals surface area contributed by atoms with Gasteiger partial charge in [-0.25, -0.2) is 0 Å². The summed E-state index contributed by atoms with van der Waals surface area (Å²) >= 11 is 0. The molecule has 0 fully saturated rings. The van der Waals surface area contributed by atoms with Crippen molar-refractivity contribution in [3.05, 3.63) is 41.6 Å². The molecule has 1 aromatic carbocycles. The summed E-state index contributed by atoms with van der Waals surface area (Å²) in [4.78, 5) is 13.8. The van der Waals surface area contributed by atoms with Gasteiger partial charge < -0.3 is 10.6 Å². The number of amides is 1. The first-order valence-electron chi connectivity index (χ1n) is 6.48. The maximum atomic E-state index is 11.8. The van der Waals surface area contributed by atoms with Crippen molar-refractivity contribution in [1.29, 1.82) is 0 Å². The Kier molecular flexibility index (Phi) is 5.43. The lowest BCUT2D eigenvalue weighted by atomic mass is 10.00. The van der Waals surface area contributed by atoms with E-state index < -0.39 is 0 Å².